The fourth-order valence-corrected chi connectivity index (χ4v) is 8.35. The van der Waals surface area contributed by atoms with E-state index in [2.05, 4.69) is 99.4 Å². The molecule has 3 aliphatic carbocycles. The summed E-state index contributed by atoms with van der Waals surface area (Å²) in [7, 11) is -1.88. The maximum absolute atomic E-state index is 10.8. The van der Waals surface area contributed by atoms with Gasteiger partial charge in [-0.05, 0) is 103 Å². The Balaban J connectivity index is 1.77. The maximum atomic E-state index is 10.8. The lowest BCUT2D eigenvalue weighted by Crippen LogP contribution is -2.46. The van der Waals surface area contributed by atoms with E-state index in [4.69, 9.17) is 4.43 Å². The maximum Gasteiger partial charge on any atom is 0.192 e. The minimum Gasteiger partial charge on any atom is -0.413 e. The van der Waals surface area contributed by atoms with Crippen LogP contribution in [0.25, 0.3) is 0 Å². The third-order valence-electron chi connectivity index (χ3n) is 11.0. The molecule has 0 aromatic rings. The quantitative estimate of drug-likeness (QED) is 0.264. The highest BCUT2D eigenvalue weighted by Crippen LogP contribution is 2.59. The average Bonchev–Trinajstić information content (AvgIpc) is 3.15. The molecule has 1 N–H and O–H groups in total. The van der Waals surface area contributed by atoms with Gasteiger partial charge in [0.25, 0.3) is 0 Å². The summed E-state index contributed by atoms with van der Waals surface area (Å²) in [6, 6.07) is 0. The summed E-state index contributed by atoms with van der Waals surface area (Å²) in [5, 5.41) is 11.0. The van der Waals surface area contributed by atoms with Gasteiger partial charge >= 0.3 is 0 Å². The monoisotopic (exact) mass is 526 g/mol. The fraction of sp³-hybridized carbons (Fsp3) is 0.765. The van der Waals surface area contributed by atoms with E-state index in [9.17, 15) is 5.11 Å². The van der Waals surface area contributed by atoms with Gasteiger partial charge in [-0.15, -0.1) is 0 Å². The lowest BCUT2D eigenvalue weighted by molar-refractivity contribution is 0.0924. The van der Waals surface area contributed by atoms with Crippen LogP contribution in [-0.4, -0.2) is 25.6 Å². The minimum absolute atomic E-state index is 0.0828. The van der Waals surface area contributed by atoms with E-state index in [1.165, 1.54) is 37.7 Å². The normalized spacial score (nSPS) is 35.5. The molecule has 0 aromatic heterocycles. The molecule has 3 unspecified atom stereocenters. The van der Waals surface area contributed by atoms with Gasteiger partial charge in [-0.1, -0.05) is 91.8 Å². The second-order valence-corrected chi connectivity index (χ2v) is 19.6. The molecule has 3 heteroatoms. The molecule has 37 heavy (non-hydrogen) atoms. The average molecular weight is 527 g/mol. The van der Waals surface area contributed by atoms with Crippen molar-refractivity contribution < 1.29 is 9.53 Å². The number of hydrogen-bond donors (Lipinski definition) is 1. The van der Waals surface area contributed by atoms with E-state index in [0.29, 0.717) is 35.5 Å². The van der Waals surface area contributed by atoms with Gasteiger partial charge in [0.05, 0.1) is 12.2 Å². The first-order valence-electron chi connectivity index (χ1n) is 15.2. The molecule has 3 aliphatic rings. The van der Waals surface area contributed by atoms with E-state index in [1.807, 2.05) is 0 Å². The Morgan fingerprint density at radius 1 is 1.08 bits per heavy atom. The van der Waals surface area contributed by atoms with Crippen LogP contribution in [0.1, 0.15) is 100 Å². The molecule has 2 nitrogen and oxygen atoms in total. The van der Waals surface area contributed by atoms with Gasteiger partial charge in [0.15, 0.2) is 8.32 Å². The molecule has 210 valence electrons. The molecule has 0 aromatic carbocycles. The number of allylic oxidation sites excluding steroid dienone is 5. The van der Waals surface area contributed by atoms with Crippen LogP contribution in [-0.2, 0) is 4.43 Å². The highest BCUT2D eigenvalue weighted by Gasteiger charge is 2.50. The van der Waals surface area contributed by atoms with Crippen molar-refractivity contribution in [2.24, 2.45) is 35.0 Å². The van der Waals surface area contributed by atoms with Crippen LogP contribution in [0.5, 0.6) is 0 Å². The molecule has 0 heterocycles. The largest absolute Gasteiger partial charge is 0.413 e. The highest BCUT2D eigenvalue weighted by atomic mass is 28.4. The third-order valence-corrected chi connectivity index (χ3v) is 15.5. The van der Waals surface area contributed by atoms with Crippen molar-refractivity contribution in [3.05, 3.63) is 47.6 Å². The van der Waals surface area contributed by atoms with Gasteiger partial charge < -0.3 is 9.53 Å². The number of fused-ring (bicyclic) bond motifs is 1. The highest BCUT2D eigenvalue weighted by molar-refractivity contribution is 6.74. The van der Waals surface area contributed by atoms with Crippen molar-refractivity contribution >= 4 is 8.32 Å². The minimum atomic E-state index is -1.88. The Bertz CT molecular complexity index is 901. The van der Waals surface area contributed by atoms with E-state index >= 15 is 0 Å². The van der Waals surface area contributed by atoms with E-state index < -0.39 is 14.4 Å². The smallest absolute Gasteiger partial charge is 0.192 e. The van der Waals surface area contributed by atoms with Crippen LogP contribution in [0, 0.1) is 35.0 Å². The molecule has 0 saturated heterocycles. The van der Waals surface area contributed by atoms with Gasteiger partial charge in [0.1, 0.15) is 0 Å². The van der Waals surface area contributed by atoms with Gasteiger partial charge in [-0.25, -0.2) is 0 Å². The van der Waals surface area contributed by atoms with Crippen molar-refractivity contribution in [3.8, 4) is 0 Å². The summed E-state index contributed by atoms with van der Waals surface area (Å²) in [6.07, 6.45) is 17.3. The molecule has 0 spiro atoms. The number of rotatable bonds is 7. The fourth-order valence-electron chi connectivity index (χ4n) is 6.98. The summed E-state index contributed by atoms with van der Waals surface area (Å²) in [6.45, 7) is 27.8. The Morgan fingerprint density at radius 3 is 2.38 bits per heavy atom. The molecule has 0 amide bonds. The lowest BCUT2D eigenvalue weighted by Gasteiger charge is -2.44. The molecule has 3 saturated carbocycles. The first-order valence-corrected chi connectivity index (χ1v) is 18.1. The number of aliphatic hydroxyl groups excluding tert-OH is 1. The van der Waals surface area contributed by atoms with Crippen LogP contribution in [0.3, 0.4) is 0 Å². The van der Waals surface area contributed by atoms with Gasteiger partial charge in [0, 0.05) is 6.42 Å². The van der Waals surface area contributed by atoms with Crippen LogP contribution in [0.4, 0.5) is 0 Å². The second kappa shape index (κ2) is 11.7. The lowest BCUT2D eigenvalue weighted by atomic mass is 9.61. The van der Waals surface area contributed by atoms with Crippen molar-refractivity contribution in [3.63, 3.8) is 0 Å². The molecule has 3 rings (SSSR count). The molecular formula is C34H58O2Si. The zero-order valence-corrected chi connectivity index (χ0v) is 26.9. The van der Waals surface area contributed by atoms with Crippen molar-refractivity contribution in [2.75, 3.05) is 0 Å². The van der Waals surface area contributed by atoms with Crippen LogP contribution < -0.4 is 0 Å². The standard InChI is InChI=1S/C34H58O2Si/c1-23(2)24(3)14-15-25(4)30-18-19-31-27(13-12-20-34(30,31)9)16-17-28-21-29(22-32(35)26(28)5)36-37(10,11)33(6,7)8/h14-17,23-25,29-32,35H,5,12-13,18-22H2,1-4,6-11H3/t24-,25+,29+,30?,31?,32?,34+/m0/s1. The van der Waals surface area contributed by atoms with Gasteiger partial charge in [-0.2, -0.15) is 0 Å². The Hall–Kier alpha value is -0.903. The van der Waals surface area contributed by atoms with Crippen LogP contribution in [0.2, 0.25) is 18.1 Å². The molecular weight excluding hydrogens is 468 g/mol. The Kier molecular flexibility index (Phi) is 9.67. The van der Waals surface area contributed by atoms with Gasteiger partial charge in [-0.3, -0.25) is 0 Å². The first-order chi connectivity index (χ1) is 17.1. The molecule has 3 fully saturated rings. The van der Waals surface area contributed by atoms with Crippen LogP contribution >= 0.6 is 0 Å². The zero-order chi connectivity index (χ0) is 27.8. The molecule has 0 aliphatic heterocycles. The first kappa shape index (κ1) is 30.6. The van der Waals surface area contributed by atoms with E-state index in [0.717, 1.165) is 17.9 Å². The Labute approximate surface area is 230 Å². The molecule has 0 bridgehead atoms. The number of aliphatic hydroxyl groups is 1. The molecule has 7 atom stereocenters. The van der Waals surface area contributed by atoms with Crippen LogP contribution in [0.15, 0.2) is 47.6 Å². The number of hydrogen-bond acceptors (Lipinski definition) is 2. The summed E-state index contributed by atoms with van der Waals surface area (Å²) < 4.78 is 6.73. The second-order valence-electron chi connectivity index (χ2n) is 14.9. The third kappa shape index (κ3) is 6.82. The van der Waals surface area contributed by atoms with Crippen molar-refractivity contribution in [2.45, 2.75) is 131 Å². The van der Waals surface area contributed by atoms with E-state index in [1.54, 1.807) is 5.57 Å². The summed E-state index contributed by atoms with van der Waals surface area (Å²) in [5.41, 5.74) is 4.11. The summed E-state index contributed by atoms with van der Waals surface area (Å²) >= 11 is 0. The van der Waals surface area contributed by atoms with Crippen molar-refractivity contribution in [1.29, 1.82) is 0 Å². The predicted octanol–water partition coefficient (Wildman–Crippen LogP) is 9.64. The summed E-state index contributed by atoms with van der Waals surface area (Å²) in [5.74, 6) is 3.42. The SMILES string of the molecule is C=C1C(=CC=C2CCC[C@@]3(C)C2CCC3[C@H](C)C=C[C@H](C)C(C)C)C[C@@H](O[Si](C)(C)C(C)(C)C)CC1O. The topological polar surface area (TPSA) is 29.5 Å². The zero-order valence-electron chi connectivity index (χ0n) is 25.9. The van der Waals surface area contributed by atoms with Gasteiger partial charge in [0.2, 0.25) is 0 Å². The Morgan fingerprint density at radius 2 is 1.76 bits per heavy atom. The summed E-state index contributed by atoms with van der Waals surface area (Å²) in [4.78, 5) is 0. The predicted molar refractivity (Wildman–Crippen MR) is 163 cm³/mol. The van der Waals surface area contributed by atoms with Crippen molar-refractivity contribution in [1.82, 2.24) is 0 Å². The van der Waals surface area contributed by atoms with E-state index in [-0.39, 0.29) is 11.1 Å². The molecule has 0 radical (unpaired) electrons.